The smallest absolute Gasteiger partial charge is 0.260 e. The lowest BCUT2D eigenvalue weighted by Gasteiger charge is -2.34. The number of nitrogens with zero attached hydrogens (tertiary/aromatic N) is 4. The highest BCUT2D eigenvalue weighted by Gasteiger charge is 2.32. The largest absolute Gasteiger partial charge is 0.373 e. The minimum atomic E-state index is -3.72. The molecule has 37 heavy (non-hydrogen) atoms. The molecule has 1 fully saturated rings. The number of hydrogen-bond acceptors (Lipinski definition) is 7. The van der Waals surface area contributed by atoms with Gasteiger partial charge in [0.05, 0.1) is 33.9 Å². The van der Waals surface area contributed by atoms with Gasteiger partial charge in [-0.3, -0.25) is 14.7 Å². The van der Waals surface area contributed by atoms with Gasteiger partial charge in [0, 0.05) is 36.1 Å². The summed E-state index contributed by atoms with van der Waals surface area (Å²) in [5.74, 6) is -0.299. The molecule has 11 heteroatoms. The first-order valence-electron chi connectivity index (χ1n) is 11.7. The van der Waals surface area contributed by atoms with Crippen LogP contribution in [0.4, 0.5) is 5.13 Å². The van der Waals surface area contributed by atoms with E-state index in [1.165, 1.54) is 27.8 Å². The lowest BCUT2D eigenvalue weighted by atomic mass is 10.2. The normalized spacial score (nSPS) is 18.7. The summed E-state index contributed by atoms with van der Waals surface area (Å²) in [4.78, 5) is 24.2. The SMILES string of the molecule is CC1CN(S(=O)(=O)c2ccc(C(=O)N(Cc3cccnc3)c3nc4ccc(Cl)cc4s3)cc2)CC(C)O1. The standard InChI is InChI=1S/C26H25ClN4O4S2/c1-17-14-30(15-18(2)35-17)37(33,34)22-8-5-20(6-9-22)25(32)31(16-19-4-3-11-28-13-19)26-29-23-10-7-21(27)12-24(23)36-26/h3-13,17-18H,14-16H2,1-2H3. The fourth-order valence-electron chi connectivity index (χ4n) is 4.30. The van der Waals surface area contributed by atoms with Gasteiger partial charge in [-0.05, 0) is 67.9 Å². The number of carbonyl (C=O) groups excluding carboxylic acids is 1. The number of thiazole rings is 1. The predicted octanol–water partition coefficient (Wildman–Crippen LogP) is 4.99. The number of sulfonamides is 1. The summed E-state index contributed by atoms with van der Waals surface area (Å²) in [6.07, 6.45) is 2.99. The molecule has 5 rings (SSSR count). The Bertz CT molecular complexity index is 1520. The molecule has 0 saturated carbocycles. The molecule has 2 aromatic heterocycles. The number of ether oxygens (including phenoxy) is 1. The number of rotatable bonds is 6. The van der Waals surface area contributed by atoms with Crippen LogP contribution in [0.3, 0.4) is 0 Å². The lowest BCUT2D eigenvalue weighted by molar-refractivity contribution is -0.0440. The molecule has 0 bridgehead atoms. The topological polar surface area (TPSA) is 92.7 Å². The van der Waals surface area contributed by atoms with Crippen molar-refractivity contribution < 1.29 is 17.9 Å². The number of carbonyl (C=O) groups is 1. The molecule has 1 aliphatic heterocycles. The molecule has 1 amide bonds. The third-order valence-corrected chi connectivity index (χ3v) is 9.13. The van der Waals surface area contributed by atoms with E-state index in [0.29, 0.717) is 15.7 Å². The summed E-state index contributed by atoms with van der Waals surface area (Å²) in [5.41, 5.74) is 1.93. The van der Waals surface area contributed by atoms with Crippen LogP contribution in [-0.2, 0) is 21.3 Å². The second-order valence-corrected chi connectivity index (χ2v) is 12.3. The minimum Gasteiger partial charge on any atom is -0.373 e. The number of aromatic nitrogens is 2. The highest BCUT2D eigenvalue weighted by molar-refractivity contribution is 7.89. The van der Waals surface area contributed by atoms with Crippen molar-refractivity contribution in [3.05, 3.63) is 83.1 Å². The molecule has 1 saturated heterocycles. The molecule has 0 N–H and O–H groups in total. The van der Waals surface area contributed by atoms with Gasteiger partial charge in [-0.15, -0.1) is 0 Å². The van der Waals surface area contributed by atoms with E-state index in [1.807, 2.05) is 38.1 Å². The number of fused-ring (bicyclic) bond motifs is 1. The van der Waals surface area contributed by atoms with Gasteiger partial charge in [0.1, 0.15) is 0 Å². The van der Waals surface area contributed by atoms with Crippen LogP contribution in [0.25, 0.3) is 10.2 Å². The van der Waals surface area contributed by atoms with E-state index in [2.05, 4.69) is 9.97 Å². The molecule has 0 radical (unpaired) electrons. The quantitative estimate of drug-likeness (QED) is 0.332. The second kappa shape index (κ2) is 10.5. The van der Waals surface area contributed by atoms with Crippen LogP contribution in [0.15, 0.2) is 71.9 Å². The Morgan fingerprint density at radius 2 is 1.86 bits per heavy atom. The molecule has 2 aromatic carbocycles. The number of amides is 1. The molecule has 4 aromatic rings. The third-order valence-electron chi connectivity index (χ3n) is 6.00. The van der Waals surface area contributed by atoms with Crippen LogP contribution in [0.1, 0.15) is 29.8 Å². The van der Waals surface area contributed by atoms with E-state index in [-0.39, 0.29) is 42.6 Å². The van der Waals surface area contributed by atoms with Crippen molar-refractivity contribution in [2.75, 3.05) is 18.0 Å². The van der Waals surface area contributed by atoms with Gasteiger partial charge in [-0.1, -0.05) is 29.0 Å². The Hall–Kier alpha value is -2.89. The third kappa shape index (κ3) is 5.53. The average Bonchev–Trinajstić information content (AvgIpc) is 3.30. The average molecular weight is 557 g/mol. The zero-order valence-corrected chi connectivity index (χ0v) is 22.6. The Balaban J connectivity index is 1.45. The van der Waals surface area contributed by atoms with Gasteiger partial charge in [-0.25, -0.2) is 13.4 Å². The number of benzene rings is 2. The highest BCUT2D eigenvalue weighted by Crippen LogP contribution is 2.32. The van der Waals surface area contributed by atoms with Gasteiger partial charge in [0.2, 0.25) is 10.0 Å². The lowest BCUT2D eigenvalue weighted by Crippen LogP contribution is -2.48. The maximum Gasteiger partial charge on any atom is 0.260 e. The predicted molar refractivity (Wildman–Crippen MR) is 145 cm³/mol. The van der Waals surface area contributed by atoms with E-state index in [4.69, 9.17) is 16.3 Å². The number of halogens is 1. The van der Waals surface area contributed by atoms with Gasteiger partial charge in [-0.2, -0.15) is 4.31 Å². The van der Waals surface area contributed by atoms with Crippen molar-refractivity contribution >= 4 is 54.2 Å². The molecule has 2 atom stereocenters. The first-order valence-corrected chi connectivity index (χ1v) is 14.4. The van der Waals surface area contributed by atoms with E-state index in [0.717, 1.165) is 15.8 Å². The van der Waals surface area contributed by atoms with E-state index >= 15 is 0 Å². The van der Waals surface area contributed by atoms with Crippen molar-refractivity contribution in [1.29, 1.82) is 0 Å². The molecule has 192 valence electrons. The Morgan fingerprint density at radius 3 is 2.54 bits per heavy atom. The van der Waals surface area contributed by atoms with Gasteiger partial charge >= 0.3 is 0 Å². The maximum absolute atomic E-state index is 13.7. The molecule has 0 spiro atoms. The van der Waals surface area contributed by atoms with E-state index < -0.39 is 10.0 Å². The molecule has 3 heterocycles. The number of anilines is 1. The summed E-state index contributed by atoms with van der Waals surface area (Å²) in [6, 6.07) is 15.1. The second-order valence-electron chi connectivity index (χ2n) is 8.96. The number of morpholine rings is 1. The van der Waals surface area contributed by atoms with Gasteiger partial charge < -0.3 is 4.74 Å². The Labute approximate surface area is 224 Å². The minimum absolute atomic E-state index is 0.138. The summed E-state index contributed by atoms with van der Waals surface area (Å²) in [5, 5.41) is 1.10. The van der Waals surface area contributed by atoms with E-state index in [1.54, 1.807) is 35.5 Å². The summed E-state index contributed by atoms with van der Waals surface area (Å²) < 4.78 is 34.4. The monoisotopic (exact) mass is 556 g/mol. The molecule has 1 aliphatic rings. The fraction of sp³-hybridized carbons (Fsp3) is 0.269. The van der Waals surface area contributed by atoms with Crippen LogP contribution < -0.4 is 4.90 Å². The van der Waals surface area contributed by atoms with Crippen molar-refractivity contribution in [3.8, 4) is 0 Å². The first kappa shape index (κ1) is 25.7. The summed E-state index contributed by atoms with van der Waals surface area (Å²) >= 11 is 7.51. The van der Waals surface area contributed by atoms with Crippen LogP contribution in [0, 0.1) is 0 Å². The summed E-state index contributed by atoms with van der Waals surface area (Å²) in [7, 11) is -3.72. The molecule has 8 nitrogen and oxygen atoms in total. The maximum atomic E-state index is 13.7. The zero-order valence-electron chi connectivity index (χ0n) is 20.2. The fourth-order valence-corrected chi connectivity index (χ4v) is 7.13. The zero-order chi connectivity index (χ0) is 26.2. The van der Waals surface area contributed by atoms with Crippen molar-refractivity contribution in [2.24, 2.45) is 0 Å². The van der Waals surface area contributed by atoms with Crippen molar-refractivity contribution in [2.45, 2.75) is 37.5 Å². The Morgan fingerprint density at radius 1 is 1.14 bits per heavy atom. The van der Waals surface area contributed by atoms with E-state index in [9.17, 15) is 13.2 Å². The van der Waals surface area contributed by atoms with Crippen LogP contribution in [0.5, 0.6) is 0 Å². The van der Waals surface area contributed by atoms with Gasteiger partial charge in [0.15, 0.2) is 5.13 Å². The molecule has 2 unspecified atom stereocenters. The summed E-state index contributed by atoms with van der Waals surface area (Å²) in [6.45, 7) is 4.53. The Kier molecular flexibility index (Phi) is 7.28. The number of hydrogen-bond donors (Lipinski definition) is 0. The van der Waals surface area contributed by atoms with Gasteiger partial charge in [0.25, 0.3) is 5.91 Å². The van der Waals surface area contributed by atoms with Crippen molar-refractivity contribution in [1.82, 2.24) is 14.3 Å². The molecular weight excluding hydrogens is 532 g/mol. The van der Waals surface area contributed by atoms with Crippen LogP contribution in [-0.4, -0.2) is 53.9 Å². The van der Waals surface area contributed by atoms with Crippen molar-refractivity contribution in [3.63, 3.8) is 0 Å². The highest BCUT2D eigenvalue weighted by atomic mass is 35.5. The number of pyridine rings is 1. The van der Waals surface area contributed by atoms with Crippen LogP contribution in [0.2, 0.25) is 5.02 Å². The molecular formula is C26H25ClN4O4S2. The first-order chi connectivity index (χ1) is 17.7. The van der Waals surface area contributed by atoms with Crippen LogP contribution >= 0.6 is 22.9 Å². The molecule has 0 aliphatic carbocycles.